The van der Waals surface area contributed by atoms with Crippen LogP contribution in [0, 0.1) is 5.92 Å². The molecule has 0 spiro atoms. The number of rotatable bonds is 13. The predicted molar refractivity (Wildman–Crippen MR) is 150 cm³/mol. The molecule has 40 heavy (non-hydrogen) atoms. The highest BCUT2D eigenvalue weighted by molar-refractivity contribution is 8.14. The normalized spacial score (nSPS) is 14.1. The van der Waals surface area contributed by atoms with Crippen molar-refractivity contribution in [3.63, 3.8) is 0 Å². The first kappa shape index (κ1) is 30.6. The summed E-state index contributed by atoms with van der Waals surface area (Å²) in [4.78, 5) is 78.6. The van der Waals surface area contributed by atoms with Crippen molar-refractivity contribution in [2.24, 2.45) is 5.92 Å². The van der Waals surface area contributed by atoms with Gasteiger partial charge in [0.15, 0.2) is 5.12 Å². The van der Waals surface area contributed by atoms with Crippen LogP contribution in [0.15, 0.2) is 54.6 Å². The Morgan fingerprint density at radius 3 is 2.05 bits per heavy atom. The second-order valence-corrected chi connectivity index (χ2v) is 11.1. The number of benzene rings is 2. The molecule has 0 fully saturated rings. The SMILES string of the molecule is CC(=O)SCC(=O)N(CCN1C(=O)c2ccccc2C1=O)[C@@H](CC(C)C)C(=O)N[C@@H](Cc1ccccc1)C(=O)O. The highest BCUT2D eigenvalue weighted by Gasteiger charge is 2.38. The van der Waals surface area contributed by atoms with Crippen LogP contribution < -0.4 is 5.32 Å². The fourth-order valence-corrected chi connectivity index (χ4v) is 4.98. The van der Waals surface area contributed by atoms with Gasteiger partial charge in [0.25, 0.3) is 11.8 Å². The lowest BCUT2D eigenvalue weighted by atomic mass is 10.00. The van der Waals surface area contributed by atoms with E-state index in [0.29, 0.717) is 5.56 Å². The summed E-state index contributed by atoms with van der Waals surface area (Å²) >= 11 is 0.782. The molecular weight excluding hydrogens is 534 g/mol. The van der Waals surface area contributed by atoms with Gasteiger partial charge < -0.3 is 15.3 Å². The number of fused-ring (bicyclic) bond motifs is 1. The first-order valence-electron chi connectivity index (χ1n) is 12.9. The molecule has 2 N–H and O–H groups in total. The van der Waals surface area contributed by atoms with Crippen LogP contribution in [0.3, 0.4) is 0 Å². The highest BCUT2D eigenvalue weighted by Crippen LogP contribution is 2.23. The van der Waals surface area contributed by atoms with E-state index in [0.717, 1.165) is 16.7 Å². The maximum atomic E-state index is 13.6. The van der Waals surface area contributed by atoms with E-state index in [1.807, 2.05) is 13.8 Å². The van der Waals surface area contributed by atoms with Crippen molar-refractivity contribution in [2.45, 2.75) is 45.7 Å². The zero-order valence-corrected chi connectivity index (χ0v) is 23.5. The molecule has 2 atom stereocenters. The minimum Gasteiger partial charge on any atom is -0.480 e. The molecule has 4 amide bonds. The highest BCUT2D eigenvalue weighted by atomic mass is 32.2. The molecule has 3 rings (SSSR count). The summed E-state index contributed by atoms with van der Waals surface area (Å²) in [7, 11) is 0. The fourth-order valence-electron chi connectivity index (χ4n) is 4.49. The number of carboxylic acids is 1. The number of carboxylic acid groups (broad SMARTS) is 1. The van der Waals surface area contributed by atoms with Crippen molar-refractivity contribution >= 4 is 46.5 Å². The van der Waals surface area contributed by atoms with Crippen molar-refractivity contribution in [2.75, 3.05) is 18.8 Å². The quantitative estimate of drug-likeness (QED) is 0.352. The van der Waals surface area contributed by atoms with E-state index in [2.05, 4.69) is 5.32 Å². The van der Waals surface area contributed by atoms with Gasteiger partial charge in [0.2, 0.25) is 11.8 Å². The van der Waals surface area contributed by atoms with Gasteiger partial charge in [-0.05, 0) is 30.0 Å². The first-order valence-corrected chi connectivity index (χ1v) is 13.9. The lowest BCUT2D eigenvalue weighted by Crippen LogP contribution is -2.56. The molecule has 2 aromatic rings. The lowest BCUT2D eigenvalue weighted by Gasteiger charge is -2.33. The molecule has 1 aliphatic rings. The van der Waals surface area contributed by atoms with Crippen molar-refractivity contribution in [1.82, 2.24) is 15.1 Å². The number of aliphatic carboxylic acids is 1. The molecule has 2 aromatic carbocycles. The number of nitrogens with zero attached hydrogens (tertiary/aromatic N) is 2. The van der Waals surface area contributed by atoms with Gasteiger partial charge in [-0.1, -0.05) is 68.1 Å². The Kier molecular flexibility index (Phi) is 10.6. The third kappa shape index (κ3) is 7.78. The molecule has 0 radical (unpaired) electrons. The van der Waals surface area contributed by atoms with Crippen LogP contribution in [0.4, 0.5) is 0 Å². The zero-order chi connectivity index (χ0) is 29.4. The molecule has 0 saturated heterocycles. The van der Waals surface area contributed by atoms with Gasteiger partial charge in [-0.2, -0.15) is 0 Å². The zero-order valence-electron chi connectivity index (χ0n) is 22.7. The summed E-state index contributed by atoms with van der Waals surface area (Å²) in [5.41, 5.74) is 1.24. The van der Waals surface area contributed by atoms with E-state index in [1.165, 1.54) is 11.8 Å². The topological polar surface area (TPSA) is 141 Å². The molecular formula is C29H33N3O7S. The van der Waals surface area contributed by atoms with Gasteiger partial charge in [-0.3, -0.25) is 28.9 Å². The standard InChI is InChI=1S/C29H33N3O7S/c1-18(2)15-24(26(35)30-23(29(38)39)16-20-9-5-4-6-10-20)31(25(34)17-40-19(3)33)13-14-32-27(36)21-11-7-8-12-22(21)28(32)37/h4-12,18,23-24H,13-17H2,1-3H3,(H,30,35)(H,38,39)/t23-,24-/m0/s1. The van der Waals surface area contributed by atoms with Crippen LogP contribution >= 0.6 is 11.8 Å². The van der Waals surface area contributed by atoms with Gasteiger partial charge in [-0.25, -0.2) is 4.79 Å². The van der Waals surface area contributed by atoms with Crippen molar-refractivity contribution in [1.29, 1.82) is 0 Å². The van der Waals surface area contributed by atoms with Crippen molar-refractivity contribution in [3.8, 4) is 0 Å². The Balaban J connectivity index is 1.85. The third-order valence-corrected chi connectivity index (χ3v) is 7.23. The summed E-state index contributed by atoms with van der Waals surface area (Å²) in [6.45, 7) is 4.70. The molecule has 0 bridgehead atoms. The van der Waals surface area contributed by atoms with E-state index in [1.54, 1.807) is 54.6 Å². The summed E-state index contributed by atoms with van der Waals surface area (Å²) in [5, 5.41) is 12.1. The Labute approximate surface area is 237 Å². The monoisotopic (exact) mass is 567 g/mol. The minimum absolute atomic E-state index is 0.0412. The van der Waals surface area contributed by atoms with Crippen molar-refractivity contribution in [3.05, 3.63) is 71.3 Å². The van der Waals surface area contributed by atoms with Crippen LogP contribution in [0.5, 0.6) is 0 Å². The molecule has 1 aliphatic heterocycles. The van der Waals surface area contributed by atoms with Gasteiger partial charge in [0, 0.05) is 26.4 Å². The summed E-state index contributed by atoms with van der Waals surface area (Å²) in [6, 6.07) is 12.9. The number of carbonyl (C=O) groups excluding carboxylic acids is 5. The summed E-state index contributed by atoms with van der Waals surface area (Å²) in [5.74, 6) is -3.73. The molecule has 1 heterocycles. The van der Waals surface area contributed by atoms with Gasteiger partial charge in [-0.15, -0.1) is 0 Å². The predicted octanol–water partition coefficient (Wildman–Crippen LogP) is 2.62. The van der Waals surface area contributed by atoms with E-state index in [4.69, 9.17) is 0 Å². The largest absolute Gasteiger partial charge is 0.480 e. The number of hydrogen-bond donors (Lipinski definition) is 2. The van der Waals surface area contributed by atoms with Gasteiger partial charge >= 0.3 is 5.97 Å². The number of thioether (sulfide) groups is 1. The Hall–Kier alpha value is -3.99. The summed E-state index contributed by atoms with van der Waals surface area (Å²) < 4.78 is 0. The van der Waals surface area contributed by atoms with Crippen LogP contribution in [-0.4, -0.2) is 80.5 Å². The third-order valence-electron chi connectivity index (χ3n) is 6.43. The number of imide groups is 1. The maximum Gasteiger partial charge on any atom is 0.326 e. The summed E-state index contributed by atoms with van der Waals surface area (Å²) in [6.07, 6.45) is 0.238. The minimum atomic E-state index is -1.25. The smallest absolute Gasteiger partial charge is 0.326 e. The van der Waals surface area contributed by atoms with Crippen LogP contribution in [0.25, 0.3) is 0 Å². The lowest BCUT2D eigenvalue weighted by molar-refractivity contribution is -0.144. The van der Waals surface area contributed by atoms with Crippen LogP contribution in [0.1, 0.15) is 53.5 Å². The number of carbonyl (C=O) groups is 6. The molecule has 0 unspecified atom stereocenters. The van der Waals surface area contributed by atoms with E-state index in [9.17, 15) is 33.9 Å². The molecule has 11 heteroatoms. The maximum absolute atomic E-state index is 13.6. The number of hydrogen-bond acceptors (Lipinski definition) is 7. The first-order chi connectivity index (χ1) is 19.0. The molecule has 0 aliphatic carbocycles. The van der Waals surface area contributed by atoms with Gasteiger partial charge in [0.05, 0.1) is 16.9 Å². The molecule has 10 nitrogen and oxygen atoms in total. The Morgan fingerprint density at radius 2 is 1.52 bits per heavy atom. The van der Waals surface area contributed by atoms with E-state index < -0.39 is 41.7 Å². The molecule has 212 valence electrons. The second kappa shape index (κ2) is 13.9. The molecule has 0 aromatic heterocycles. The second-order valence-electron chi connectivity index (χ2n) is 9.91. The number of nitrogens with one attached hydrogen (secondary N) is 1. The van der Waals surface area contributed by atoms with Gasteiger partial charge in [0.1, 0.15) is 12.1 Å². The van der Waals surface area contributed by atoms with Crippen LogP contribution in [0.2, 0.25) is 0 Å². The van der Waals surface area contributed by atoms with E-state index >= 15 is 0 Å². The van der Waals surface area contributed by atoms with Crippen LogP contribution in [-0.2, 0) is 25.6 Å². The average Bonchev–Trinajstić information content (AvgIpc) is 3.16. The molecule has 0 saturated carbocycles. The number of amides is 4. The van der Waals surface area contributed by atoms with E-state index in [-0.39, 0.29) is 53.8 Å². The fraction of sp³-hybridized carbons (Fsp3) is 0.379. The Morgan fingerprint density at radius 1 is 0.950 bits per heavy atom. The van der Waals surface area contributed by atoms with Crippen molar-refractivity contribution < 1.29 is 33.9 Å². The Bertz CT molecular complexity index is 1250. The average molecular weight is 568 g/mol.